The summed E-state index contributed by atoms with van der Waals surface area (Å²) in [4.78, 5) is 13.0. The molecule has 6 heteroatoms. The van der Waals surface area contributed by atoms with Crippen molar-refractivity contribution in [1.82, 2.24) is 0 Å². The first-order valence-corrected chi connectivity index (χ1v) is 11.2. The average molecular weight is 491 g/mol. The van der Waals surface area contributed by atoms with E-state index in [1.54, 1.807) is 0 Å². The third-order valence-corrected chi connectivity index (χ3v) is 5.65. The summed E-state index contributed by atoms with van der Waals surface area (Å²) in [6, 6.07) is 23.1. The molecule has 0 spiro atoms. The summed E-state index contributed by atoms with van der Waals surface area (Å²) in [6.07, 6.45) is 1.83. The Hall–Kier alpha value is -3.38. The maximum absolute atomic E-state index is 13.0. The minimum Gasteiger partial charge on any atom is -0.490 e. The highest BCUT2D eigenvalue weighted by Gasteiger charge is 2.29. The number of para-hydroxylation sites is 1. The van der Waals surface area contributed by atoms with Crippen LogP contribution in [-0.4, -0.2) is 18.2 Å². The molecule has 0 atom stereocenters. The topological polar surface area (TPSA) is 51.1 Å². The van der Waals surface area contributed by atoms with Crippen LogP contribution in [0.2, 0.25) is 0 Å². The lowest BCUT2D eigenvalue weighted by Crippen LogP contribution is -2.21. The van der Waals surface area contributed by atoms with Crippen molar-refractivity contribution in [3.8, 4) is 11.5 Å². The van der Waals surface area contributed by atoms with E-state index < -0.39 is 0 Å². The molecule has 0 saturated heterocycles. The lowest BCUT2D eigenvalue weighted by molar-refractivity contribution is -0.114. The minimum atomic E-state index is -0.164. The van der Waals surface area contributed by atoms with Crippen molar-refractivity contribution in [1.29, 1.82) is 0 Å². The fourth-order valence-corrected chi connectivity index (χ4v) is 3.80. The van der Waals surface area contributed by atoms with Gasteiger partial charge >= 0.3 is 0 Å². The number of benzene rings is 3. The maximum Gasteiger partial charge on any atom is 0.280 e. The van der Waals surface area contributed by atoms with Gasteiger partial charge in [-0.25, -0.2) is 0 Å². The second-order valence-electron chi connectivity index (χ2n) is 7.22. The van der Waals surface area contributed by atoms with E-state index in [9.17, 15) is 4.79 Å². The van der Waals surface area contributed by atoms with Gasteiger partial charge in [-0.2, -0.15) is 10.1 Å². The molecule has 3 aromatic rings. The van der Waals surface area contributed by atoms with E-state index in [0.717, 1.165) is 21.3 Å². The number of nitrogens with zero attached hydrogens (tertiary/aromatic N) is 2. The Morgan fingerprint density at radius 2 is 1.62 bits per heavy atom. The third-order valence-electron chi connectivity index (χ3n) is 4.96. The van der Waals surface area contributed by atoms with E-state index in [2.05, 4.69) is 21.0 Å². The highest BCUT2D eigenvalue weighted by molar-refractivity contribution is 9.10. The molecule has 32 heavy (non-hydrogen) atoms. The van der Waals surface area contributed by atoms with Gasteiger partial charge in [0.25, 0.3) is 5.91 Å². The monoisotopic (exact) mass is 490 g/mol. The predicted octanol–water partition coefficient (Wildman–Crippen LogP) is 6.23. The van der Waals surface area contributed by atoms with E-state index in [1.807, 2.05) is 92.7 Å². The summed E-state index contributed by atoms with van der Waals surface area (Å²) >= 11 is 3.62. The van der Waals surface area contributed by atoms with Crippen molar-refractivity contribution < 1.29 is 14.3 Å². The van der Waals surface area contributed by atoms with Crippen LogP contribution >= 0.6 is 15.9 Å². The van der Waals surface area contributed by atoms with Crippen LogP contribution in [0.1, 0.15) is 25.0 Å². The number of anilines is 1. The molecule has 162 valence electrons. The Morgan fingerprint density at radius 3 is 2.31 bits per heavy atom. The zero-order valence-corrected chi connectivity index (χ0v) is 19.5. The second-order valence-corrected chi connectivity index (χ2v) is 8.08. The van der Waals surface area contributed by atoms with Gasteiger partial charge in [0.15, 0.2) is 11.5 Å². The van der Waals surface area contributed by atoms with Crippen LogP contribution in [0.15, 0.2) is 87.9 Å². The molecule has 0 aromatic heterocycles. The lowest BCUT2D eigenvalue weighted by Gasteiger charge is -2.14. The highest BCUT2D eigenvalue weighted by atomic mass is 79.9. The van der Waals surface area contributed by atoms with Crippen LogP contribution in [0.4, 0.5) is 5.69 Å². The number of hydrogen-bond donors (Lipinski definition) is 0. The lowest BCUT2D eigenvalue weighted by atomic mass is 10.1. The van der Waals surface area contributed by atoms with Crippen molar-refractivity contribution in [3.63, 3.8) is 0 Å². The number of rotatable bonds is 7. The van der Waals surface area contributed by atoms with Crippen molar-refractivity contribution in [3.05, 3.63) is 94.0 Å². The van der Waals surface area contributed by atoms with Crippen molar-refractivity contribution in [2.24, 2.45) is 5.10 Å². The molecule has 0 fully saturated rings. The smallest absolute Gasteiger partial charge is 0.280 e. The number of halogens is 1. The quantitative estimate of drug-likeness (QED) is 0.368. The number of hydrazone groups is 1. The first-order chi connectivity index (χ1) is 15.6. The van der Waals surface area contributed by atoms with Gasteiger partial charge in [-0.3, -0.25) is 4.79 Å². The molecule has 0 radical (unpaired) electrons. The Kier molecular flexibility index (Phi) is 6.71. The molecule has 0 N–H and O–H groups in total. The van der Waals surface area contributed by atoms with E-state index in [1.165, 1.54) is 5.01 Å². The fraction of sp³-hybridized carbons (Fsp3) is 0.154. The van der Waals surface area contributed by atoms with Crippen molar-refractivity contribution in [2.75, 3.05) is 11.6 Å². The molecule has 1 aliphatic rings. The largest absolute Gasteiger partial charge is 0.490 e. The predicted molar refractivity (Wildman–Crippen MR) is 131 cm³/mol. The Balaban J connectivity index is 1.62. The molecule has 0 aliphatic carbocycles. The molecule has 3 aromatic carbocycles. The molecule has 5 nitrogen and oxygen atoms in total. The van der Waals surface area contributed by atoms with Gasteiger partial charge in [-0.15, -0.1) is 0 Å². The minimum absolute atomic E-state index is 0.164. The Labute approximate surface area is 196 Å². The SMILES string of the molecule is CCOc1cc(/C=C2/C(=O)N(c3ccccc3)N=C2C)c(Br)cc1OCc1ccccc1. The van der Waals surface area contributed by atoms with E-state index >= 15 is 0 Å². The van der Waals surface area contributed by atoms with Gasteiger partial charge in [0, 0.05) is 4.47 Å². The van der Waals surface area contributed by atoms with Gasteiger partial charge in [-0.05, 0) is 55.3 Å². The Bertz CT molecular complexity index is 1170. The zero-order valence-electron chi connectivity index (χ0n) is 17.9. The number of carbonyl (C=O) groups excluding carboxylic acids is 1. The van der Waals surface area contributed by atoms with Crippen LogP contribution in [-0.2, 0) is 11.4 Å². The third kappa shape index (κ3) is 4.75. The first kappa shape index (κ1) is 21.8. The summed E-state index contributed by atoms with van der Waals surface area (Å²) < 4.78 is 12.7. The van der Waals surface area contributed by atoms with Crippen molar-refractivity contribution >= 4 is 39.3 Å². The van der Waals surface area contributed by atoms with Crippen LogP contribution in [0.25, 0.3) is 6.08 Å². The van der Waals surface area contributed by atoms with Gasteiger partial charge in [0.2, 0.25) is 0 Å². The first-order valence-electron chi connectivity index (χ1n) is 10.4. The van der Waals surface area contributed by atoms with E-state index in [0.29, 0.717) is 36.0 Å². The fourth-order valence-electron chi connectivity index (χ4n) is 3.36. The van der Waals surface area contributed by atoms with Gasteiger partial charge in [0.05, 0.1) is 23.6 Å². The molecule has 4 rings (SSSR count). The molecule has 0 saturated carbocycles. The van der Waals surface area contributed by atoms with Crippen LogP contribution in [0, 0.1) is 0 Å². The molecule has 0 bridgehead atoms. The van der Waals surface area contributed by atoms with Gasteiger partial charge in [0.1, 0.15) is 6.61 Å². The normalized spacial score (nSPS) is 14.6. The summed E-state index contributed by atoms with van der Waals surface area (Å²) in [6.45, 7) is 4.70. The summed E-state index contributed by atoms with van der Waals surface area (Å²) in [5.74, 6) is 1.10. The van der Waals surface area contributed by atoms with Gasteiger partial charge < -0.3 is 9.47 Å². The van der Waals surface area contributed by atoms with Crippen LogP contribution < -0.4 is 14.5 Å². The molecular weight excluding hydrogens is 468 g/mol. The maximum atomic E-state index is 13.0. The summed E-state index contributed by atoms with van der Waals surface area (Å²) in [5, 5.41) is 5.87. The molecule has 1 aliphatic heterocycles. The molecular formula is C26H23BrN2O3. The number of carbonyl (C=O) groups is 1. The standard InChI is InChI=1S/C26H23BrN2O3/c1-3-31-24-15-20(23(27)16-25(24)32-17-19-10-6-4-7-11-19)14-22-18(2)28-29(26(22)30)21-12-8-5-9-13-21/h4-16H,3,17H2,1-2H3/b22-14+. The average Bonchev–Trinajstić information content (AvgIpc) is 3.09. The highest BCUT2D eigenvalue weighted by Crippen LogP contribution is 2.36. The number of ether oxygens (including phenoxy) is 2. The zero-order chi connectivity index (χ0) is 22.5. The summed E-state index contributed by atoms with van der Waals surface area (Å²) in [7, 11) is 0. The van der Waals surface area contributed by atoms with Gasteiger partial charge in [-0.1, -0.05) is 64.5 Å². The molecule has 1 heterocycles. The number of amides is 1. The van der Waals surface area contributed by atoms with E-state index in [-0.39, 0.29) is 5.91 Å². The second kappa shape index (κ2) is 9.83. The van der Waals surface area contributed by atoms with Crippen molar-refractivity contribution in [2.45, 2.75) is 20.5 Å². The summed E-state index contributed by atoms with van der Waals surface area (Å²) in [5.41, 5.74) is 3.82. The van der Waals surface area contributed by atoms with Crippen LogP contribution in [0.3, 0.4) is 0 Å². The van der Waals surface area contributed by atoms with Crippen LogP contribution in [0.5, 0.6) is 11.5 Å². The molecule has 0 unspecified atom stereocenters. The number of hydrogen-bond acceptors (Lipinski definition) is 4. The molecule has 1 amide bonds. The Morgan fingerprint density at radius 1 is 0.969 bits per heavy atom. The van der Waals surface area contributed by atoms with E-state index in [4.69, 9.17) is 9.47 Å².